The molecule has 0 fully saturated rings. The van der Waals surface area contributed by atoms with Gasteiger partial charge in [0, 0.05) is 17.3 Å². The minimum absolute atomic E-state index is 0.0699. The second-order valence-electron chi connectivity index (χ2n) is 11.7. The van der Waals surface area contributed by atoms with E-state index in [0.29, 0.717) is 59.6 Å². The van der Waals surface area contributed by atoms with Crippen LogP contribution in [0.3, 0.4) is 0 Å². The molecule has 0 spiro atoms. The van der Waals surface area contributed by atoms with Crippen molar-refractivity contribution in [3.8, 4) is 11.8 Å². The second kappa shape index (κ2) is 18.4. The number of carboxylic acid groups (broad SMARTS) is 1. The zero-order valence-electron chi connectivity index (χ0n) is 28.0. The molecule has 11 nitrogen and oxygen atoms in total. The molecule has 3 aromatic rings. The van der Waals surface area contributed by atoms with Crippen molar-refractivity contribution in [3.63, 3.8) is 0 Å². The summed E-state index contributed by atoms with van der Waals surface area (Å²) < 4.78 is 21.4. The van der Waals surface area contributed by atoms with Gasteiger partial charge in [0.05, 0.1) is 23.4 Å². The van der Waals surface area contributed by atoms with E-state index >= 15 is 0 Å². The highest BCUT2D eigenvalue weighted by Crippen LogP contribution is 2.31. The van der Waals surface area contributed by atoms with Gasteiger partial charge in [-0.05, 0) is 95.6 Å². The largest absolute Gasteiger partial charge is 0.491 e. The molecule has 0 radical (unpaired) electrons. The first kappa shape index (κ1) is 37.4. The van der Waals surface area contributed by atoms with Gasteiger partial charge in [-0.25, -0.2) is 24.1 Å². The maximum Gasteiger partial charge on any atom is 0.355 e. The lowest BCUT2D eigenvalue weighted by Crippen LogP contribution is -2.31. The number of aromatic nitrogens is 2. The topological polar surface area (TPSA) is 167 Å². The number of fused-ring (bicyclic) bond motifs is 1. The van der Waals surface area contributed by atoms with Gasteiger partial charge in [-0.3, -0.25) is 10.3 Å². The van der Waals surface area contributed by atoms with Crippen LogP contribution in [0.25, 0.3) is 10.2 Å². The summed E-state index contributed by atoms with van der Waals surface area (Å²) in [7, 11) is 3.85. The predicted octanol–water partition coefficient (Wildman–Crippen LogP) is 6.27. The number of carbonyl (C=O) groups is 1. The van der Waals surface area contributed by atoms with Gasteiger partial charge in [0.25, 0.3) is 0 Å². The molecule has 0 saturated carbocycles. The smallest absolute Gasteiger partial charge is 0.355 e. The Labute approximate surface area is 294 Å². The molecular weight excluding hydrogens is 664 g/mol. The molecule has 1 aliphatic rings. The zero-order chi connectivity index (χ0) is 35.3. The van der Waals surface area contributed by atoms with Crippen LogP contribution in [0.15, 0.2) is 64.6 Å². The quantitative estimate of drug-likeness (QED) is 0.0581. The molecule has 0 aliphatic heterocycles. The summed E-state index contributed by atoms with van der Waals surface area (Å²) in [6.45, 7) is 3.57. The molecule has 1 unspecified atom stereocenters. The Bertz CT molecular complexity index is 1780. The number of benzene rings is 1. The first-order valence-corrected chi connectivity index (χ1v) is 17.7. The number of allylic oxidation sites excluding steroid dienone is 3. The maximum absolute atomic E-state index is 14.7. The lowest BCUT2D eigenvalue weighted by atomic mass is 10.00. The molecule has 0 saturated heterocycles. The summed E-state index contributed by atoms with van der Waals surface area (Å²) in [6, 6.07) is 7.73. The van der Waals surface area contributed by atoms with Crippen LogP contribution < -0.4 is 16.4 Å². The Balaban J connectivity index is 1.44. The number of rotatable bonds is 16. The van der Waals surface area contributed by atoms with E-state index < -0.39 is 11.8 Å². The number of thiazole rings is 2. The van der Waals surface area contributed by atoms with Crippen molar-refractivity contribution in [2.45, 2.75) is 45.4 Å². The molecule has 1 atom stereocenters. The van der Waals surface area contributed by atoms with Gasteiger partial charge in [-0.2, -0.15) is 0 Å². The normalized spacial score (nSPS) is 15.1. The molecule has 6 N–H and O–H groups in total. The fraction of sp³-hybridized carbons (Fsp3) is 0.400. The van der Waals surface area contributed by atoms with Crippen LogP contribution in [0.5, 0.6) is 0 Å². The molecule has 0 bridgehead atoms. The molecule has 4 rings (SSSR count). The number of para-hydroxylation sites is 1. The Hall–Kier alpha value is -4.42. The number of hydrogen-bond donors (Lipinski definition) is 4. The lowest BCUT2D eigenvalue weighted by Gasteiger charge is -2.21. The minimum Gasteiger partial charge on any atom is -0.491 e. The monoisotopic (exact) mass is 706 g/mol. The minimum atomic E-state index is -1.16. The molecule has 2 aromatic heterocycles. The third-order valence-corrected chi connectivity index (χ3v) is 9.45. The van der Waals surface area contributed by atoms with Gasteiger partial charge in [0.15, 0.2) is 22.4 Å². The molecule has 49 heavy (non-hydrogen) atoms. The number of ether oxygens (including phenoxy) is 1. The summed E-state index contributed by atoms with van der Waals surface area (Å²) in [5, 5.41) is 19.8. The van der Waals surface area contributed by atoms with E-state index in [0.717, 1.165) is 29.5 Å². The predicted molar refractivity (Wildman–Crippen MR) is 198 cm³/mol. The molecule has 1 aromatic carbocycles. The average molecular weight is 707 g/mol. The SMILES string of the molecule is C/C(=C/C(=N)N(CCCCCN)c1nc(C(=O)O)c(CCCOC2=CCC(C#CCN(C)C)C=C2F)s1)C(N)=Nc1nc2ccccc2s1. The third-order valence-electron chi connectivity index (χ3n) is 7.38. The number of aliphatic imine (C=N–C) groups is 1. The van der Waals surface area contributed by atoms with E-state index in [-0.39, 0.29) is 35.6 Å². The van der Waals surface area contributed by atoms with Crippen LogP contribution in [0.1, 0.15) is 54.4 Å². The van der Waals surface area contributed by atoms with Gasteiger partial charge >= 0.3 is 5.97 Å². The lowest BCUT2D eigenvalue weighted by molar-refractivity contribution is 0.0690. The Morgan fingerprint density at radius 2 is 2.02 bits per heavy atom. The molecule has 260 valence electrons. The molecular formula is C35H43FN8O3S2. The van der Waals surface area contributed by atoms with Crippen LogP contribution in [0.4, 0.5) is 14.7 Å². The number of hydrogen-bond acceptors (Lipinski definition) is 10. The first-order valence-electron chi connectivity index (χ1n) is 16.1. The van der Waals surface area contributed by atoms with Crippen molar-refractivity contribution < 1.29 is 19.0 Å². The number of aromatic carboxylic acids is 1. The van der Waals surface area contributed by atoms with Gasteiger partial charge in [-0.1, -0.05) is 41.7 Å². The van der Waals surface area contributed by atoms with Crippen molar-refractivity contribution in [3.05, 3.63) is 70.2 Å². The standard InChI is InChI=1S/C35H43FN8O3S2/c1-23(32(39)42-34-40-26-12-5-6-13-28(26)48-34)21-30(38)44(19-8-4-7-17-37)35-41-31(33(45)46)29(49-35)14-10-20-47-27-16-15-24(22-25(27)36)11-9-18-43(2)3/h5-6,12-13,16,21-22,24,38H,4,7-8,10,14-15,17-20,37H2,1-3H3,(H,45,46)(H2,39,40,42)/b23-21-,38-30?. The summed E-state index contributed by atoms with van der Waals surface area (Å²) in [4.78, 5) is 29.8. The van der Waals surface area contributed by atoms with Crippen molar-refractivity contribution in [1.82, 2.24) is 14.9 Å². The van der Waals surface area contributed by atoms with Gasteiger partial charge in [0.1, 0.15) is 11.7 Å². The number of carboxylic acids is 1. The highest BCUT2D eigenvalue weighted by atomic mass is 32.1. The fourth-order valence-electron chi connectivity index (χ4n) is 4.79. The van der Waals surface area contributed by atoms with Crippen LogP contribution in [0.2, 0.25) is 0 Å². The molecule has 0 amide bonds. The van der Waals surface area contributed by atoms with E-state index in [4.69, 9.17) is 21.6 Å². The van der Waals surface area contributed by atoms with Crippen LogP contribution in [-0.4, -0.2) is 78.0 Å². The number of anilines is 1. The number of nitrogens with zero attached hydrogens (tertiary/aromatic N) is 5. The highest BCUT2D eigenvalue weighted by molar-refractivity contribution is 7.22. The van der Waals surface area contributed by atoms with E-state index in [1.807, 2.05) is 43.3 Å². The third kappa shape index (κ3) is 11.0. The molecule has 2 heterocycles. The first-order chi connectivity index (χ1) is 23.5. The van der Waals surface area contributed by atoms with E-state index in [2.05, 4.69) is 26.8 Å². The number of amidine groups is 2. The van der Waals surface area contributed by atoms with Gasteiger partial charge < -0.3 is 26.2 Å². The zero-order valence-corrected chi connectivity index (χ0v) is 29.7. The Morgan fingerprint density at radius 3 is 2.73 bits per heavy atom. The molecule has 1 aliphatic carbocycles. The number of unbranched alkanes of at least 4 members (excludes halogenated alkanes) is 2. The summed E-state index contributed by atoms with van der Waals surface area (Å²) >= 11 is 2.64. The Kier molecular flexibility index (Phi) is 14.0. The van der Waals surface area contributed by atoms with Crippen LogP contribution in [0, 0.1) is 23.2 Å². The molecule has 14 heteroatoms. The number of nitrogens with two attached hydrogens (primary N) is 2. The number of halogens is 1. The van der Waals surface area contributed by atoms with E-state index in [1.165, 1.54) is 28.7 Å². The van der Waals surface area contributed by atoms with Crippen LogP contribution in [-0.2, 0) is 11.2 Å². The van der Waals surface area contributed by atoms with Crippen molar-refractivity contribution >= 4 is 60.8 Å². The summed E-state index contributed by atoms with van der Waals surface area (Å²) in [6.07, 6.45) is 8.55. The average Bonchev–Trinajstić information content (AvgIpc) is 3.67. The second-order valence-corrected chi connectivity index (χ2v) is 13.8. The fourth-order valence-corrected chi connectivity index (χ4v) is 6.78. The van der Waals surface area contributed by atoms with Crippen molar-refractivity contribution in [2.75, 3.05) is 45.2 Å². The highest BCUT2D eigenvalue weighted by Gasteiger charge is 2.23. The summed E-state index contributed by atoms with van der Waals surface area (Å²) in [5.41, 5.74) is 13.3. The van der Waals surface area contributed by atoms with Crippen molar-refractivity contribution in [1.29, 1.82) is 5.41 Å². The Morgan fingerprint density at radius 1 is 1.22 bits per heavy atom. The number of nitrogens with one attached hydrogen (secondary N) is 1. The van der Waals surface area contributed by atoms with E-state index in [9.17, 15) is 14.3 Å². The van der Waals surface area contributed by atoms with Crippen LogP contribution >= 0.6 is 22.7 Å². The van der Waals surface area contributed by atoms with Gasteiger partial charge in [0.2, 0.25) is 5.13 Å². The van der Waals surface area contributed by atoms with Crippen molar-refractivity contribution in [2.24, 2.45) is 22.4 Å². The van der Waals surface area contributed by atoms with Gasteiger partial charge in [-0.15, -0.1) is 11.3 Å². The van der Waals surface area contributed by atoms with E-state index in [1.54, 1.807) is 24.0 Å². The number of aryl methyl sites for hydroxylation is 1. The maximum atomic E-state index is 14.7. The summed E-state index contributed by atoms with van der Waals surface area (Å²) in [5.74, 6) is 4.82.